The maximum Gasteiger partial charge on any atom is 0.328 e. The third-order valence-electron chi connectivity index (χ3n) is 3.46. The molecule has 0 saturated heterocycles. The number of aromatic nitrogens is 2. The Morgan fingerprint density at radius 1 is 1.20 bits per heavy atom. The van der Waals surface area contributed by atoms with Crippen LogP contribution in [0.1, 0.15) is 15.3 Å². The maximum atomic E-state index is 12.0. The van der Waals surface area contributed by atoms with Crippen LogP contribution < -0.4 is 5.69 Å². The molecule has 1 atom stereocenters. The molecule has 2 heterocycles. The summed E-state index contributed by atoms with van der Waals surface area (Å²) >= 11 is 9.08. The van der Waals surface area contributed by atoms with Crippen LogP contribution in [0.4, 0.5) is 0 Å². The molecule has 20 heavy (non-hydrogen) atoms. The lowest BCUT2D eigenvalue weighted by Crippen LogP contribution is -2.19. The minimum atomic E-state index is -0.00806. The fourth-order valence-corrected chi connectivity index (χ4v) is 4.76. The van der Waals surface area contributed by atoms with Crippen molar-refractivity contribution in [1.82, 2.24) is 9.13 Å². The van der Waals surface area contributed by atoms with Gasteiger partial charge in [0.25, 0.3) is 0 Å². The van der Waals surface area contributed by atoms with Crippen LogP contribution in [0.3, 0.4) is 0 Å². The molecule has 3 aromatic rings. The van der Waals surface area contributed by atoms with Crippen molar-refractivity contribution in [2.24, 2.45) is 14.1 Å². The SMILES string of the molecule is Cn1c(=O)n(C)c2cc(C(Br)c3cccs3)c(Br)cc21. The summed E-state index contributed by atoms with van der Waals surface area (Å²) in [6, 6.07) is 8.22. The topological polar surface area (TPSA) is 26.9 Å². The van der Waals surface area contributed by atoms with E-state index in [1.807, 2.05) is 12.1 Å². The van der Waals surface area contributed by atoms with Crippen LogP contribution in [0.15, 0.2) is 38.9 Å². The zero-order chi connectivity index (χ0) is 14.4. The monoisotopic (exact) mass is 414 g/mol. The largest absolute Gasteiger partial charge is 0.328 e. The highest BCUT2D eigenvalue weighted by Crippen LogP contribution is 2.39. The lowest BCUT2D eigenvalue weighted by atomic mass is 10.1. The molecule has 0 aliphatic rings. The fraction of sp³-hybridized carbons (Fsp3) is 0.214. The van der Waals surface area contributed by atoms with Gasteiger partial charge in [-0.1, -0.05) is 37.9 Å². The first-order chi connectivity index (χ1) is 9.50. The first-order valence-corrected chi connectivity index (χ1v) is 8.62. The summed E-state index contributed by atoms with van der Waals surface area (Å²) in [5.41, 5.74) is 2.99. The average molecular weight is 416 g/mol. The van der Waals surface area contributed by atoms with Crippen molar-refractivity contribution in [3.63, 3.8) is 0 Å². The van der Waals surface area contributed by atoms with E-state index in [1.165, 1.54) is 4.88 Å². The number of nitrogens with zero attached hydrogens (tertiary/aromatic N) is 2. The van der Waals surface area contributed by atoms with Crippen molar-refractivity contribution < 1.29 is 0 Å². The molecule has 2 aromatic heterocycles. The van der Waals surface area contributed by atoms with E-state index in [0.717, 1.165) is 21.1 Å². The van der Waals surface area contributed by atoms with Crippen molar-refractivity contribution in [2.45, 2.75) is 4.83 Å². The molecule has 3 rings (SSSR count). The van der Waals surface area contributed by atoms with E-state index in [1.54, 1.807) is 34.6 Å². The standard InChI is InChI=1S/C14H12Br2N2OS/c1-17-10-6-8(13(16)12-4-3-5-20-12)9(15)7-11(10)18(2)14(17)19/h3-7,13H,1-2H3. The number of rotatable bonds is 2. The Bertz CT molecular complexity index is 833. The van der Waals surface area contributed by atoms with Gasteiger partial charge in [-0.15, -0.1) is 11.3 Å². The first kappa shape index (κ1) is 14.1. The van der Waals surface area contributed by atoms with E-state index < -0.39 is 0 Å². The van der Waals surface area contributed by atoms with Crippen LogP contribution in [-0.4, -0.2) is 9.13 Å². The van der Waals surface area contributed by atoms with Crippen LogP contribution in [0.5, 0.6) is 0 Å². The summed E-state index contributed by atoms with van der Waals surface area (Å²) in [5.74, 6) is 0. The van der Waals surface area contributed by atoms with E-state index in [4.69, 9.17) is 0 Å². The van der Waals surface area contributed by atoms with Crippen molar-refractivity contribution in [2.75, 3.05) is 0 Å². The molecule has 0 spiro atoms. The van der Waals surface area contributed by atoms with E-state index in [-0.39, 0.29) is 10.5 Å². The molecule has 0 aliphatic carbocycles. The molecule has 1 aromatic carbocycles. The zero-order valence-electron chi connectivity index (χ0n) is 10.9. The van der Waals surface area contributed by atoms with Crippen molar-refractivity contribution in [3.8, 4) is 0 Å². The smallest absolute Gasteiger partial charge is 0.295 e. The molecule has 0 aliphatic heterocycles. The Labute approximate surface area is 137 Å². The highest BCUT2D eigenvalue weighted by atomic mass is 79.9. The molecular formula is C14H12Br2N2OS. The van der Waals surface area contributed by atoms with Gasteiger partial charge in [-0.3, -0.25) is 9.13 Å². The van der Waals surface area contributed by atoms with Crippen molar-refractivity contribution in [1.29, 1.82) is 0 Å². The molecule has 6 heteroatoms. The average Bonchev–Trinajstić information content (AvgIpc) is 3.03. The highest BCUT2D eigenvalue weighted by Gasteiger charge is 2.18. The van der Waals surface area contributed by atoms with Crippen LogP contribution in [0.2, 0.25) is 0 Å². The Kier molecular flexibility index (Phi) is 3.64. The second kappa shape index (κ2) is 5.16. The molecule has 0 saturated carbocycles. The van der Waals surface area contributed by atoms with Gasteiger partial charge in [-0.25, -0.2) is 4.79 Å². The normalized spacial score (nSPS) is 13.0. The Morgan fingerprint density at radius 2 is 1.85 bits per heavy atom. The first-order valence-electron chi connectivity index (χ1n) is 6.03. The lowest BCUT2D eigenvalue weighted by Gasteiger charge is -2.11. The summed E-state index contributed by atoms with van der Waals surface area (Å²) in [6.45, 7) is 0. The number of fused-ring (bicyclic) bond motifs is 1. The Balaban J connectivity index is 2.25. The van der Waals surface area contributed by atoms with E-state index >= 15 is 0 Å². The summed E-state index contributed by atoms with van der Waals surface area (Å²) in [7, 11) is 3.60. The Hall–Kier alpha value is -0.850. The van der Waals surface area contributed by atoms with Gasteiger partial charge in [0.15, 0.2) is 0 Å². The van der Waals surface area contributed by atoms with Gasteiger partial charge in [0, 0.05) is 23.4 Å². The maximum absolute atomic E-state index is 12.0. The highest BCUT2D eigenvalue weighted by molar-refractivity contribution is 9.11. The minimum absolute atomic E-state index is 0.00806. The molecule has 0 N–H and O–H groups in total. The van der Waals surface area contributed by atoms with Gasteiger partial charge in [0.2, 0.25) is 0 Å². The Morgan fingerprint density at radius 3 is 2.45 bits per heavy atom. The number of hydrogen-bond donors (Lipinski definition) is 0. The number of alkyl halides is 1. The van der Waals surface area contributed by atoms with Gasteiger partial charge >= 0.3 is 5.69 Å². The fourth-order valence-electron chi connectivity index (χ4n) is 2.32. The lowest BCUT2D eigenvalue weighted by molar-refractivity contribution is 0.795. The molecule has 0 radical (unpaired) electrons. The van der Waals surface area contributed by atoms with Crippen molar-refractivity contribution in [3.05, 3.63) is 55.0 Å². The van der Waals surface area contributed by atoms with Crippen molar-refractivity contribution >= 4 is 54.2 Å². The van der Waals surface area contributed by atoms with E-state index in [9.17, 15) is 4.79 Å². The predicted molar refractivity (Wildman–Crippen MR) is 90.9 cm³/mol. The third-order valence-corrected chi connectivity index (χ3v) is 6.37. The van der Waals surface area contributed by atoms with Crippen LogP contribution in [0, 0.1) is 0 Å². The van der Waals surface area contributed by atoms with Gasteiger partial charge < -0.3 is 0 Å². The van der Waals surface area contributed by atoms with Crippen LogP contribution in [0.25, 0.3) is 11.0 Å². The molecule has 0 bridgehead atoms. The number of thiophene rings is 1. The van der Waals surface area contributed by atoms with Gasteiger partial charge in [-0.2, -0.15) is 0 Å². The second-order valence-electron chi connectivity index (χ2n) is 4.64. The predicted octanol–water partition coefficient (Wildman–Crippen LogP) is 4.19. The molecule has 0 amide bonds. The minimum Gasteiger partial charge on any atom is -0.295 e. The number of benzene rings is 1. The molecule has 0 fully saturated rings. The van der Waals surface area contributed by atoms with Crippen LogP contribution >= 0.6 is 43.2 Å². The summed E-state index contributed by atoms with van der Waals surface area (Å²) in [4.78, 5) is 13.4. The summed E-state index contributed by atoms with van der Waals surface area (Å²) in [6.07, 6.45) is 0. The van der Waals surface area contributed by atoms with Gasteiger partial charge in [-0.05, 0) is 29.1 Å². The molecular weight excluding hydrogens is 404 g/mol. The quantitative estimate of drug-likeness (QED) is 0.576. The number of halogens is 2. The number of imidazole rings is 1. The van der Waals surface area contributed by atoms with Gasteiger partial charge in [0.1, 0.15) is 0 Å². The zero-order valence-corrected chi connectivity index (χ0v) is 14.9. The van der Waals surface area contributed by atoms with E-state index in [2.05, 4.69) is 49.4 Å². The third kappa shape index (κ3) is 2.10. The number of aryl methyl sites for hydroxylation is 2. The second-order valence-corrected chi connectivity index (χ2v) is 7.39. The number of hydrogen-bond acceptors (Lipinski definition) is 2. The van der Waals surface area contributed by atoms with Gasteiger partial charge in [0.05, 0.1) is 15.9 Å². The summed E-state index contributed by atoms with van der Waals surface area (Å²) in [5, 5.41) is 2.06. The van der Waals surface area contributed by atoms with Crippen LogP contribution in [-0.2, 0) is 14.1 Å². The molecule has 3 nitrogen and oxygen atoms in total. The molecule has 104 valence electrons. The molecule has 1 unspecified atom stereocenters. The van der Waals surface area contributed by atoms with E-state index in [0.29, 0.717) is 0 Å². The summed E-state index contributed by atoms with van der Waals surface area (Å²) < 4.78 is 4.35.